The average molecular weight is 539 g/mol. The van der Waals surface area contributed by atoms with Crippen molar-refractivity contribution in [2.24, 2.45) is 0 Å². The molecule has 3 aliphatic rings. The first-order valence-corrected chi connectivity index (χ1v) is 13.1. The summed E-state index contributed by atoms with van der Waals surface area (Å²) in [5.74, 6) is 0.999. The summed E-state index contributed by atoms with van der Waals surface area (Å²) >= 11 is 13.0. The number of piperazine rings is 1. The molecule has 1 amide bonds. The van der Waals surface area contributed by atoms with Gasteiger partial charge in [-0.25, -0.2) is 9.67 Å². The largest absolute Gasteiger partial charge is 0.340 e. The van der Waals surface area contributed by atoms with Gasteiger partial charge in [-0.05, 0) is 29.2 Å². The van der Waals surface area contributed by atoms with Crippen LogP contribution in [0, 0.1) is 0 Å². The highest BCUT2D eigenvalue weighted by atomic mass is 35.5. The lowest BCUT2D eigenvalue weighted by atomic mass is 10.0. The second-order valence-corrected chi connectivity index (χ2v) is 10.3. The van der Waals surface area contributed by atoms with Crippen molar-refractivity contribution in [2.45, 2.75) is 32.6 Å². The number of fused-ring (bicyclic) bond motifs is 1. The van der Waals surface area contributed by atoms with Crippen LogP contribution >= 0.6 is 23.2 Å². The van der Waals surface area contributed by atoms with Crippen molar-refractivity contribution < 1.29 is 4.79 Å². The van der Waals surface area contributed by atoms with Crippen molar-refractivity contribution >= 4 is 29.1 Å². The predicted octanol–water partition coefficient (Wildman–Crippen LogP) is 4.06. The number of hydrogen-bond donors (Lipinski definition) is 2. The molecule has 5 rings (SSSR count). The predicted molar refractivity (Wildman–Crippen MR) is 145 cm³/mol. The minimum atomic E-state index is -0.347. The highest BCUT2D eigenvalue weighted by Gasteiger charge is 2.27. The quantitative estimate of drug-likeness (QED) is 0.386. The minimum Gasteiger partial charge on any atom is -0.340 e. The van der Waals surface area contributed by atoms with Gasteiger partial charge < -0.3 is 10.2 Å². The van der Waals surface area contributed by atoms with E-state index < -0.39 is 0 Å². The van der Waals surface area contributed by atoms with E-state index in [0.29, 0.717) is 45.8 Å². The van der Waals surface area contributed by atoms with Crippen LogP contribution in [-0.4, -0.2) is 56.7 Å². The summed E-state index contributed by atoms with van der Waals surface area (Å²) in [6.07, 6.45) is 0.739. The number of nitrogens with zero attached hydrogens (tertiary/aromatic N) is 4. The lowest BCUT2D eigenvalue weighted by Crippen LogP contribution is -2.46. The van der Waals surface area contributed by atoms with E-state index in [1.807, 2.05) is 43.0 Å². The van der Waals surface area contributed by atoms with Crippen LogP contribution in [0.5, 0.6) is 0 Å². The molecule has 8 nitrogen and oxygen atoms in total. The number of benzene rings is 2. The van der Waals surface area contributed by atoms with Gasteiger partial charge in [-0.1, -0.05) is 67.4 Å². The fourth-order valence-corrected chi connectivity index (χ4v) is 5.18. The summed E-state index contributed by atoms with van der Waals surface area (Å²) in [5, 5.41) is 7.42. The van der Waals surface area contributed by atoms with Gasteiger partial charge in [0.1, 0.15) is 17.1 Å². The highest BCUT2D eigenvalue weighted by Crippen LogP contribution is 2.34. The molecule has 2 aromatic rings. The average Bonchev–Trinajstić information content (AvgIpc) is 3.26. The molecule has 0 unspecified atom stereocenters. The third kappa shape index (κ3) is 5.28. The molecule has 2 aromatic carbocycles. The van der Waals surface area contributed by atoms with Gasteiger partial charge >= 0.3 is 0 Å². The molecule has 0 saturated carbocycles. The number of carbonyl (C=O) groups is 1. The maximum absolute atomic E-state index is 13.2. The summed E-state index contributed by atoms with van der Waals surface area (Å²) in [6.45, 7) is 7.13. The Morgan fingerprint density at radius 1 is 1.00 bits per heavy atom. The Kier molecular flexibility index (Phi) is 7.33. The van der Waals surface area contributed by atoms with Gasteiger partial charge in [-0.15, -0.1) is 0 Å². The van der Waals surface area contributed by atoms with E-state index in [2.05, 4.69) is 15.4 Å². The van der Waals surface area contributed by atoms with Crippen molar-refractivity contribution in [1.29, 1.82) is 0 Å². The Bertz CT molecular complexity index is 1430. The molecule has 10 heteroatoms. The van der Waals surface area contributed by atoms with Gasteiger partial charge in [0.15, 0.2) is 5.82 Å². The van der Waals surface area contributed by atoms with E-state index in [-0.39, 0.29) is 17.4 Å². The van der Waals surface area contributed by atoms with Crippen LogP contribution in [-0.2, 0) is 17.6 Å². The molecule has 3 heterocycles. The highest BCUT2D eigenvalue weighted by molar-refractivity contribution is 6.37. The number of amides is 1. The Hall–Kier alpha value is -3.20. The molecular weight excluding hydrogens is 511 g/mol. The molecule has 1 fully saturated rings. The number of carbonyl (C=O) groups excluding carboxylic acids is 1. The molecule has 1 saturated heterocycles. The summed E-state index contributed by atoms with van der Waals surface area (Å²) in [7, 11) is 0. The number of rotatable bonds is 6. The molecule has 0 spiro atoms. The number of hydrogen-bond acceptors (Lipinski definition) is 5. The number of halogens is 2. The lowest BCUT2D eigenvalue weighted by Gasteiger charge is -2.27. The molecule has 0 atom stereocenters. The Balaban J connectivity index is 1.44. The molecule has 2 N–H and O–H groups in total. The lowest BCUT2D eigenvalue weighted by molar-refractivity contribution is -0.131. The van der Waals surface area contributed by atoms with E-state index in [1.165, 1.54) is 0 Å². The van der Waals surface area contributed by atoms with Crippen LogP contribution in [0.3, 0.4) is 0 Å². The molecule has 0 aromatic heterocycles. The van der Waals surface area contributed by atoms with Crippen LogP contribution in [0.25, 0.3) is 17.1 Å². The first-order chi connectivity index (χ1) is 17.8. The van der Waals surface area contributed by atoms with Crippen molar-refractivity contribution in [1.82, 2.24) is 30.0 Å². The Morgan fingerprint density at radius 3 is 2.30 bits per heavy atom. The molecular formula is C27H28Cl2N6O2. The molecule has 192 valence electrons. The topological polar surface area (TPSA) is 95.9 Å². The maximum Gasteiger partial charge on any atom is 0.284 e. The van der Waals surface area contributed by atoms with Crippen molar-refractivity contribution in [2.75, 3.05) is 26.2 Å². The first kappa shape index (κ1) is 25.4. The second-order valence-electron chi connectivity index (χ2n) is 9.53. The van der Waals surface area contributed by atoms with Gasteiger partial charge in [-0.3, -0.25) is 14.7 Å². The number of aromatic nitrogens is 4. The third-order valence-electron chi connectivity index (χ3n) is 6.57. The minimum absolute atomic E-state index is 0.0311. The smallest absolute Gasteiger partial charge is 0.284 e. The van der Waals surface area contributed by atoms with Crippen molar-refractivity contribution in [3.05, 3.63) is 85.5 Å². The van der Waals surface area contributed by atoms with E-state index in [9.17, 15) is 9.59 Å². The summed E-state index contributed by atoms with van der Waals surface area (Å²) < 4.78 is 1.67. The normalized spacial score (nSPS) is 14.0. The van der Waals surface area contributed by atoms with Crippen LogP contribution in [0.2, 0.25) is 10.0 Å². The second kappa shape index (κ2) is 10.7. The van der Waals surface area contributed by atoms with Gasteiger partial charge in [0.25, 0.3) is 5.56 Å². The SMILES string of the molecule is CC(C)c1[nH]n(-c2c(Cl)cccc2Cl)c2nc(Cc3ccc(CC(=O)N4CCNCC4)cc3)nc(=O)c1-2. The number of aromatic amines is 1. The van der Waals surface area contributed by atoms with E-state index in [0.717, 1.165) is 43.0 Å². The number of H-pyrrole nitrogens is 1. The number of nitrogens with one attached hydrogen (secondary N) is 2. The fraction of sp³-hybridized carbons (Fsp3) is 0.333. The molecule has 0 bridgehead atoms. The van der Waals surface area contributed by atoms with Crippen LogP contribution in [0.15, 0.2) is 47.3 Å². The zero-order valence-electron chi connectivity index (χ0n) is 20.7. The number of para-hydroxylation sites is 1. The van der Waals surface area contributed by atoms with E-state index in [4.69, 9.17) is 28.2 Å². The van der Waals surface area contributed by atoms with Crippen LogP contribution in [0.1, 0.15) is 42.4 Å². The van der Waals surface area contributed by atoms with Crippen molar-refractivity contribution in [3.8, 4) is 17.1 Å². The molecule has 0 aliphatic carbocycles. The van der Waals surface area contributed by atoms with Crippen molar-refractivity contribution in [3.63, 3.8) is 0 Å². The summed E-state index contributed by atoms with van der Waals surface area (Å²) in [4.78, 5) is 36.7. The fourth-order valence-electron chi connectivity index (χ4n) is 4.62. The van der Waals surface area contributed by atoms with Gasteiger partial charge in [0.2, 0.25) is 5.91 Å². The molecule has 0 radical (unpaired) electrons. The zero-order chi connectivity index (χ0) is 26.1. The zero-order valence-corrected chi connectivity index (χ0v) is 22.2. The van der Waals surface area contributed by atoms with E-state index in [1.54, 1.807) is 22.9 Å². The molecule has 3 aliphatic heterocycles. The monoisotopic (exact) mass is 538 g/mol. The summed E-state index contributed by atoms with van der Waals surface area (Å²) in [5.41, 5.74) is 3.23. The van der Waals surface area contributed by atoms with Gasteiger partial charge in [0, 0.05) is 32.6 Å². The Labute approximate surface area is 225 Å². The van der Waals surface area contributed by atoms with E-state index >= 15 is 0 Å². The van der Waals surface area contributed by atoms with Gasteiger partial charge in [0.05, 0.1) is 22.2 Å². The van der Waals surface area contributed by atoms with Crippen LogP contribution in [0.4, 0.5) is 0 Å². The van der Waals surface area contributed by atoms with Gasteiger partial charge in [-0.2, -0.15) is 4.98 Å². The standard InChI is InChI=1S/C27H28Cl2N6O2/c1-16(2)24-23-26(35(33-24)25-19(28)4-3-5-20(25)29)31-21(32-27(23)37)14-17-6-8-18(9-7-17)15-22(36)34-12-10-30-11-13-34/h3-9,16,30,33H,10-15H2,1-2H3. The summed E-state index contributed by atoms with van der Waals surface area (Å²) in [6, 6.07) is 13.1. The molecule has 37 heavy (non-hydrogen) atoms. The Morgan fingerprint density at radius 2 is 1.65 bits per heavy atom. The van der Waals surface area contributed by atoms with Crippen LogP contribution < -0.4 is 10.9 Å². The third-order valence-corrected chi connectivity index (χ3v) is 7.18. The maximum atomic E-state index is 13.2. The first-order valence-electron chi connectivity index (χ1n) is 12.3.